The second kappa shape index (κ2) is 6.31. The molecule has 4 aromatic rings. The first kappa shape index (κ1) is 16.9. The molecule has 0 spiro atoms. The van der Waals surface area contributed by atoms with Crippen LogP contribution < -0.4 is 5.32 Å². The van der Waals surface area contributed by atoms with Gasteiger partial charge in [-0.05, 0) is 26.0 Å². The number of rotatable bonds is 4. The summed E-state index contributed by atoms with van der Waals surface area (Å²) < 4.78 is 25.9. The number of hydrogen-bond donors (Lipinski definition) is 3. The van der Waals surface area contributed by atoms with Crippen LogP contribution in [0.25, 0.3) is 22.3 Å². The molecule has 0 unspecified atom stereocenters. The average molecular weight is 371 g/mol. The number of nitrogens with zero attached hydrogens (tertiary/aromatic N) is 4. The van der Waals surface area contributed by atoms with Gasteiger partial charge >= 0.3 is 6.55 Å². The zero-order valence-electron chi connectivity index (χ0n) is 14.4. The number of amides is 1. The van der Waals surface area contributed by atoms with E-state index >= 15 is 0 Å². The first-order valence-corrected chi connectivity index (χ1v) is 8.06. The Labute approximate surface area is 151 Å². The SMILES string of the molecule is Cc1n[nH]c(C(=O)Nc2cnc3[nH]c(-c4cnn(C(F)F)c4)cc3c2)c1C. The van der Waals surface area contributed by atoms with E-state index in [0.717, 1.165) is 16.6 Å². The lowest BCUT2D eigenvalue weighted by Crippen LogP contribution is -2.13. The number of aryl methyl sites for hydroxylation is 1. The van der Waals surface area contributed by atoms with Gasteiger partial charge in [-0.3, -0.25) is 9.89 Å². The molecule has 0 saturated carbocycles. The molecule has 0 atom stereocenters. The minimum atomic E-state index is -2.70. The van der Waals surface area contributed by atoms with Gasteiger partial charge in [0, 0.05) is 22.7 Å². The van der Waals surface area contributed by atoms with E-state index in [1.807, 2.05) is 13.8 Å². The third kappa shape index (κ3) is 3.05. The summed E-state index contributed by atoms with van der Waals surface area (Å²) in [6.07, 6.45) is 4.12. The van der Waals surface area contributed by atoms with Crippen molar-refractivity contribution in [3.63, 3.8) is 0 Å². The maximum absolute atomic E-state index is 12.7. The summed E-state index contributed by atoms with van der Waals surface area (Å²) in [5, 5.41) is 13.8. The van der Waals surface area contributed by atoms with Gasteiger partial charge in [-0.15, -0.1) is 0 Å². The van der Waals surface area contributed by atoms with Crippen molar-refractivity contribution >= 4 is 22.6 Å². The van der Waals surface area contributed by atoms with Gasteiger partial charge < -0.3 is 10.3 Å². The van der Waals surface area contributed by atoms with E-state index in [9.17, 15) is 13.6 Å². The fraction of sp³-hybridized carbons (Fsp3) is 0.176. The Morgan fingerprint density at radius 1 is 1.26 bits per heavy atom. The molecule has 0 bridgehead atoms. The first-order valence-electron chi connectivity index (χ1n) is 8.06. The fourth-order valence-corrected chi connectivity index (χ4v) is 2.73. The number of pyridine rings is 1. The topological polar surface area (TPSA) is 104 Å². The van der Waals surface area contributed by atoms with Crippen LogP contribution in [0.2, 0.25) is 0 Å². The van der Waals surface area contributed by atoms with Crippen molar-refractivity contribution in [1.82, 2.24) is 29.9 Å². The van der Waals surface area contributed by atoms with E-state index in [2.05, 4.69) is 30.6 Å². The third-order valence-electron chi connectivity index (χ3n) is 4.32. The van der Waals surface area contributed by atoms with Gasteiger partial charge in [0.05, 0.1) is 29.5 Å². The summed E-state index contributed by atoms with van der Waals surface area (Å²) in [4.78, 5) is 19.7. The number of halogens is 2. The number of aromatic amines is 2. The number of alkyl halides is 2. The zero-order valence-corrected chi connectivity index (χ0v) is 14.4. The van der Waals surface area contributed by atoms with Gasteiger partial charge in [-0.25, -0.2) is 9.67 Å². The van der Waals surface area contributed by atoms with Crippen LogP contribution >= 0.6 is 0 Å². The molecule has 4 heterocycles. The van der Waals surface area contributed by atoms with Crippen LogP contribution in [0.4, 0.5) is 14.5 Å². The van der Waals surface area contributed by atoms with Crippen LogP contribution in [0.1, 0.15) is 28.3 Å². The van der Waals surface area contributed by atoms with Gasteiger partial charge in [-0.2, -0.15) is 19.0 Å². The van der Waals surface area contributed by atoms with E-state index in [1.165, 1.54) is 18.6 Å². The molecule has 8 nitrogen and oxygen atoms in total. The van der Waals surface area contributed by atoms with Gasteiger partial charge in [0.1, 0.15) is 11.3 Å². The Kier molecular flexibility index (Phi) is 3.94. The van der Waals surface area contributed by atoms with Crippen molar-refractivity contribution in [2.75, 3.05) is 5.32 Å². The highest BCUT2D eigenvalue weighted by atomic mass is 19.3. The molecule has 0 aliphatic carbocycles. The normalized spacial score (nSPS) is 11.4. The molecule has 0 saturated heterocycles. The highest BCUT2D eigenvalue weighted by Crippen LogP contribution is 2.26. The Morgan fingerprint density at radius 3 is 2.74 bits per heavy atom. The summed E-state index contributed by atoms with van der Waals surface area (Å²) in [5.74, 6) is -0.316. The summed E-state index contributed by atoms with van der Waals surface area (Å²) in [5.41, 5.74) is 4.13. The van der Waals surface area contributed by atoms with Gasteiger partial charge in [-0.1, -0.05) is 0 Å². The quantitative estimate of drug-likeness (QED) is 0.511. The van der Waals surface area contributed by atoms with Gasteiger partial charge in [0.2, 0.25) is 0 Å². The van der Waals surface area contributed by atoms with Gasteiger partial charge in [0.25, 0.3) is 5.91 Å². The monoisotopic (exact) mass is 371 g/mol. The van der Waals surface area contributed by atoms with Crippen molar-refractivity contribution in [2.45, 2.75) is 20.4 Å². The summed E-state index contributed by atoms with van der Waals surface area (Å²) in [6.45, 7) is 0.929. The van der Waals surface area contributed by atoms with E-state index < -0.39 is 6.55 Å². The second-order valence-corrected chi connectivity index (χ2v) is 6.09. The molecule has 0 aliphatic rings. The highest BCUT2D eigenvalue weighted by Gasteiger charge is 2.15. The smallest absolute Gasteiger partial charge is 0.333 e. The van der Waals surface area contributed by atoms with E-state index in [4.69, 9.17) is 0 Å². The van der Waals surface area contributed by atoms with Crippen molar-refractivity contribution in [2.24, 2.45) is 0 Å². The minimum Gasteiger partial charge on any atom is -0.339 e. The van der Waals surface area contributed by atoms with E-state index in [-0.39, 0.29) is 5.91 Å². The van der Waals surface area contributed by atoms with E-state index in [0.29, 0.717) is 33.0 Å². The number of fused-ring (bicyclic) bond motifs is 1. The van der Waals surface area contributed by atoms with Crippen LogP contribution in [-0.2, 0) is 0 Å². The Hall–Kier alpha value is -3.56. The lowest BCUT2D eigenvalue weighted by Gasteiger charge is -2.04. The number of nitrogens with one attached hydrogen (secondary N) is 3. The zero-order chi connectivity index (χ0) is 19.1. The predicted molar refractivity (Wildman–Crippen MR) is 94.6 cm³/mol. The molecule has 0 aliphatic heterocycles. The molecule has 4 aromatic heterocycles. The molecule has 10 heteroatoms. The summed E-state index contributed by atoms with van der Waals surface area (Å²) in [7, 11) is 0. The molecule has 0 fully saturated rings. The van der Waals surface area contributed by atoms with Crippen molar-refractivity contribution in [3.05, 3.63) is 47.7 Å². The first-order chi connectivity index (χ1) is 12.9. The number of hydrogen-bond acceptors (Lipinski definition) is 4. The molecular weight excluding hydrogens is 356 g/mol. The molecule has 138 valence electrons. The second-order valence-electron chi connectivity index (χ2n) is 6.09. The molecule has 0 aromatic carbocycles. The molecule has 1 amide bonds. The molecular formula is C17H15F2N7O. The predicted octanol–water partition coefficient (Wildman–Crippen LogP) is 3.41. The molecule has 4 rings (SSSR count). The van der Waals surface area contributed by atoms with Crippen LogP contribution in [0.15, 0.2) is 30.7 Å². The Balaban J connectivity index is 1.60. The number of anilines is 1. The largest absolute Gasteiger partial charge is 0.339 e. The minimum absolute atomic E-state index is 0.316. The highest BCUT2D eigenvalue weighted by molar-refractivity contribution is 6.04. The van der Waals surface area contributed by atoms with Gasteiger partial charge in [0.15, 0.2) is 0 Å². The van der Waals surface area contributed by atoms with E-state index in [1.54, 1.807) is 12.1 Å². The Bertz CT molecular complexity index is 1140. The maximum Gasteiger partial charge on any atom is 0.333 e. The number of aromatic nitrogens is 6. The summed E-state index contributed by atoms with van der Waals surface area (Å²) >= 11 is 0. The standard InChI is InChI=1S/C17H15F2N7O/c1-8-9(2)24-25-14(8)16(27)22-12-3-10-4-13(23-15(10)20-6-12)11-5-21-26(7-11)17(18)19/h3-7,17H,1-2H3,(H,20,23)(H,22,27)(H,24,25). The van der Waals surface area contributed by atoms with Crippen molar-refractivity contribution < 1.29 is 13.6 Å². The third-order valence-corrected chi connectivity index (χ3v) is 4.32. The number of carbonyl (C=O) groups is 1. The molecule has 0 radical (unpaired) electrons. The lowest BCUT2D eigenvalue weighted by atomic mass is 10.2. The number of carbonyl (C=O) groups excluding carboxylic acids is 1. The van der Waals surface area contributed by atoms with Crippen molar-refractivity contribution in [1.29, 1.82) is 0 Å². The fourth-order valence-electron chi connectivity index (χ4n) is 2.73. The molecule has 27 heavy (non-hydrogen) atoms. The van der Waals surface area contributed by atoms with Crippen LogP contribution in [0.3, 0.4) is 0 Å². The maximum atomic E-state index is 12.7. The van der Waals surface area contributed by atoms with Crippen LogP contribution in [0.5, 0.6) is 0 Å². The Morgan fingerprint density at radius 2 is 2.07 bits per heavy atom. The summed E-state index contributed by atoms with van der Waals surface area (Å²) in [6, 6.07) is 3.51. The van der Waals surface area contributed by atoms with Crippen molar-refractivity contribution in [3.8, 4) is 11.3 Å². The average Bonchev–Trinajstić information content (AvgIpc) is 3.34. The van der Waals surface area contributed by atoms with Crippen LogP contribution in [-0.4, -0.2) is 35.9 Å². The molecule has 3 N–H and O–H groups in total. The number of H-pyrrole nitrogens is 2. The lowest BCUT2D eigenvalue weighted by molar-refractivity contribution is 0.0566. The van der Waals surface area contributed by atoms with Crippen LogP contribution in [0, 0.1) is 13.8 Å².